The first-order valence-electron chi connectivity index (χ1n) is 7.44. The Bertz CT molecular complexity index is 789. The van der Waals surface area contributed by atoms with E-state index in [-0.39, 0.29) is 12.3 Å². The number of carbonyl (C=O) groups is 3. The van der Waals surface area contributed by atoms with E-state index >= 15 is 0 Å². The van der Waals surface area contributed by atoms with Crippen molar-refractivity contribution in [1.82, 2.24) is 9.97 Å². The van der Waals surface area contributed by atoms with Gasteiger partial charge in [-0.2, -0.15) is 0 Å². The number of thiophene rings is 1. The number of rotatable bonds is 6. The van der Waals surface area contributed by atoms with Gasteiger partial charge in [0.15, 0.2) is 12.3 Å². The number of anilines is 1. The number of aromatic nitrogens is 2. The van der Waals surface area contributed by atoms with E-state index in [9.17, 15) is 14.4 Å². The number of aryl methyl sites for hydroxylation is 1. The molecular weight excluding hydrogens is 346 g/mol. The molecule has 2 heterocycles. The van der Waals surface area contributed by atoms with Crippen molar-refractivity contribution in [2.24, 2.45) is 0 Å². The summed E-state index contributed by atoms with van der Waals surface area (Å²) in [4.78, 5) is 44.3. The molecule has 25 heavy (non-hydrogen) atoms. The molecule has 0 atom stereocenters. The average Bonchev–Trinajstić information content (AvgIpc) is 2.87. The molecule has 132 valence electrons. The molecule has 2 rings (SSSR count). The number of nitrogens with zero attached hydrogens (tertiary/aromatic N) is 2. The van der Waals surface area contributed by atoms with Crippen LogP contribution in [0.1, 0.15) is 38.2 Å². The quantitative estimate of drug-likeness (QED) is 0.783. The second-order valence-electron chi connectivity index (χ2n) is 4.92. The molecule has 0 saturated heterocycles. The van der Waals surface area contributed by atoms with Crippen molar-refractivity contribution in [1.29, 1.82) is 0 Å². The molecule has 1 amide bonds. The highest BCUT2D eigenvalue weighted by Crippen LogP contribution is 2.32. The fourth-order valence-corrected chi connectivity index (χ4v) is 3.00. The second kappa shape index (κ2) is 8.34. The second-order valence-corrected chi connectivity index (χ2v) is 6.15. The molecule has 0 aliphatic rings. The summed E-state index contributed by atoms with van der Waals surface area (Å²) in [5.74, 6) is -1.83. The van der Waals surface area contributed by atoms with Crippen LogP contribution in [-0.4, -0.2) is 41.0 Å². The number of hydrogen-bond acceptors (Lipinski definition) is 8. The summed E-state index contributed by atoms with van der Waals surface area (Å²) in [5.41, 5.74) is 1.07. The third-order valence-corrected chi connectivity index (χ3v) is 4.35. The van der Waals surface area contributed by atoms with Crippen molar-refractivity contribution >= 4 is 34.2 Å². The van der Waals surface area contributed by atoms with Crippen LogP contribution in [-0.2, 0) is 14.3 Å². The molecule has 9 heteroatoms. The van der Waals surface area contributed by atoms with Crippen LogP contribution in [0.2, 0.25) is 0 Å². The molecule has 0 spiro atoms. The van der Waals surface area contributed by atoms with Gasteiger partial charge in [-0.05, 0) is 26.3 Å². The summed E-state index contributed by atoms with van der Waals surface area (Å²) >= 11 is 1.26. The van der Waals surface area contributed by atoms with E-state index in [0.29, 0.717) is 10.6 Å². The molecule has 0 unspecified atom stereocenters. The molecule has 0 aliphatic heterocycles. The molecule has 0 aromatic carbocycles. The van der Waals surface area contributed by atoms with E-state index in [4.69, 9.17) is 9.47 Å². The topological polar surface area (TPSA) is 107 Å². The number of nitrogens with one attached hydrogen (secondary N) is 1. The Hall–Kier alpha value is -2.81. The van der Waals surface area contributed by atoms with Gasteiger partial charge in [0.1, 0.15) is 5.00 Å². The van der Waals surface area contributed by atoms with Crippen molar-refractivity contribution in [3.8, 4) is 0 Å². The summed E-state index contributed by atoms with van der Waals surface area (Å²) < 4.78 is 9.90. The lowest BCUT2D eigenvalue weighted by Gasteiger charge is -2.07. The van der Waals surface area contributed by atoms with Crippen LogP contribution in [0.4, 0.5) is 5.00 Å². The minimum atomic E-state index is -0.757. The van der Waals surface area contributed by atoms with Gasteiger partial charge in [0.2, 0.25) is 0 Å². The van der Waals surface area contributed by atoms with Gasteiger partial charge in [0, 0.05) is 17.3 Å². The average molecular weight is 363 g/mol. The van der Waals surface area contributed by atoms with Gasteiger partial charge in [-0.25, -0.2) is 14.6 Å². The molecule has 0 radical (unpaired) electrons. The van der Waals surface area contributed by atoms with Gasteiger partial charge in [0.05, 0.1) is 18.4 Å². The van der Waals surface area contributed by atoms with Gasteiger partial charge in [-0.1, -0.05) is 0 Å². The van der Waals surface area contributed by atoms with E-state index in [2.05, 4.69) is 15.3 Å². The molecule has 0 saturated carbocycles. The molecule has 1 N–H and O–H groups in total. The first-order valence-corrected chi connectivity index (χ1v) is 8.25. The van der Waals surface area contributed by atoms with Crippen LogP contribution in [0.3, 0.4) is 0 Å². The summed E-state index contributed by atoms with van der Waals surface area (Å²) in [6.07, 6.45) is 4.01. The number of carbonyl (C=O) groups excluding carboxylic acids is 3. The van der Waals surface area contributed by atoms with E-state index in [1.165, 1.54) is 29.9 Å². The Morgan fingerprint density at radius 1 is 1.16 bits per heavy atom. The van der Waals surface area contributed by atoms with Gasteiger partial charge < -0.3 is 14.8 Å². The summed E-state index contributed by atoms with van der Waals surface area (Å²) in [6.45, 7) is 5.05. The summed E-state index contributed by atoms with van der Waals surface area (Å²) in [6, 6.07) is 0. The Kier molecular flexibility index (Phi) is 6.18. The first-order chi connectivity index (χ1) is 11.9. The number of hydrogen-bond donors (Lipinski definition) is 1. The van der Waals surface area contributed by atoms with Crippen LogP contribution in [0.15, 0.2) is 18.6 Å². The van der Waals surface area contributed by atoms with Gasteiger partial charge in [-0.15, -0.1) is 11.3 Å². The zero-order chi connectivity index (χ0) is 18.4. The minimum Gasteiger partial charge on any atom is -0.462 e. The predicted octanol–water partition coefficient (Wildman–Crippen LogP) is 2.13. The van der Waals surface area contributed by atoms with Gasteiger partial charge >= 0.3 is 11.9 Å². The fraction of sp³-hybridized carbons (Fsp3) is 0.312. The summed E-state index contributed by atoms with van der Waals surface area (Å²) in [7, 11) is 0. The maximum atomic E-state index is 12.1. The van der Waals surface area contributed by atoms with Crippen molar-refractivity contribution in [3.63, 3.8) is 0 Å². The molecule has 2 aromatic heterocycles. The number of ether oxygens (including phenoxy) is 2. The van der Waals surface area contributed by atoms with E-state index in [0.717, 1.165) is 10.4 Å². The van der Waals surface area contributed by atoms with Gasteiger partial charge in [0.25, 0.3) is 5.91 Å². The van der Waals surface area contributed by atoms with Crippen LogP contribution in [0, 0.1) is 13.8 Å². The highest BCUT2D eigenvalue weighted by molar-refractivity contribution is 7.16. The SMILES string of the molecule is CCOC(=O)c1c(NC(=O)COC(=O)c2cnccn2)sc(C)c1C. The van der Waals surface area contributed by atoms with Crippen molar-refractivity contribution in [3.05, 3.63) is 40.3 Å². The standard InChI is InChI=1S/C16H17N3O5S/c1-4-23-16(22)13-9(2)10(3)25-14(13)19-12(20)8-24-15(21)11-7-17-5-6-18-11/h5-7H,4,8H2,1-3H3,(H,19,20). The summed E-state index contributed by atoms with van der Waals surface area (Å²) in [5, 5.41) is 2.95. The zero-order valence-corrected chi connectivity index (χ0v) is 14.8. The largest absolute Gasteiger partial charge is 0.462 e. The molecule has 0 bridgehead atoms. The molecule has 0 fully saturated rings. The smallest absolute Gasteiger partial charge is 0.359 e. The van der Waals surface area contributed by atoms with Crippen molar-refractivity contribution in [2.45, 2.75) is 20.8 Å². The Balaban J connectivity index is 2.02. The third-order valence-electron chi connectivity index (χ3n) is 3.22. The fourth-order valence-electron chi connectivity index (χ4n) is 1.94. The van der Waals surface area contributed by atoms with E-state index < -0.39 is 24.5 Å². The lowest BCUT2D eigenvalue weighted by Crippen LogP contribution is -2.22. The maximum absolute atomic E-state index is 12.1. The molecule has 0 aliphatic carbocycles. The Labute approximate surface area is 148 Å². The van der Waals surface area contributed by atoms with Crippen LogP contribution in [0.25, 0.3) is 0 Å². The monoisotopic (exact) mass is 363 g/mol. The van der Waals surface area contributed by atoms with E-state index in [1.54, 1.807) is 13.8 Å². The molecular formula is C16H17N3O5S. The lowest BCUT2D eigenvalue weighted by molar-refractivity contribution is -0.119. The van der Waals surface area contributed by atoms with Crippen molar-refractivity contribution in [2.75, 3.05) is 18.5 Å². The Morgan fingerprint density at radius 3 is 2.56 bits per heavy atom. The zero-order valence-electron chi connectivity index (χ0n) is 14.0. The highest BCUT2D eigenvalue weighted by Gasteiger charge is 2.22. The van der Waals surface area contributed by atoms with Crippen LogP contribution < -0.4 is 5.32 Å². The molecule has 8 nitrogen and oxygen atoms in total. The number of amides is 1. The first kappa shape index (κ1) is 18.5. The normalized spacial score (nSPS) is 10.2. The van der Waals surface area contributed by atoms with Crippen LogP contribution >= 0.6 is 11.3 Å². The van der Waals surface area contributed by atoms with E-state index in [1.807, 2.05) is 6.92 Å². The highest BCUT2D eigenvalue weighted by atomic mass is 32.1. The Morgan fingerprint density at radius 2 is 1.92 bits per heavy atom. The lowest BCUT2D eigenvalue weighted by atomic mass is 10.1. The van der Waals surface area contributed by atoms with Crippen molar-refractivity contribution < 1.29 is 23.9 Å². The van der Waals surface area contributed by atoms with Gasteiger partial charge in [-0.3, -0.25) is 9.78 Å². The number of esters is 2. The minimum absolute atomic E-state index is 0.00493. The maximum Gasteiger partial charge on any atom is 0.359 e. The van der Waals surface area contributed by atoms with Crippen LogP contribution in [0.5, 0.6) is 0 Å². The third kappa shape index (κ3) is 4.60. The molecule has 2 aromatic rings. The predicted molar refractivity (Wildman–Crippen MR) is 90.7 cm³/mol.